The first-order chi connectivity index (χ1) is 18.0. The predicted octanol–water partition coefficient (Wildman–Crippen LogP) is -5.21. The van der Waals surface area contributed by atoms with Gasteiger partial charge in [0.25, 0.3) is 5.91 Å². The van der Waals surface area contributed by atoms with Gasteiger partial charge in [-0.1, -0.05) is 0 Å². The van der Waals surface area contributed by atoms with Crippen molar-refractivity contribution < 1.29 is 68.6 Å². The smallest absolute Gasteiger partial charge is 0.252 e. The Balaban J connectivity index is 1.64. The Bertz CT molecular complexity index is 836. The maximum Gasteiger partial charge on any atom is 0.252 e. The van der Waals surface area contributed by atoms with E-state index < -0.39 is 104 Å². The fourth-order valence-corrected chi connectivity index (χ4v) is 5.00. The summed E-state index contributed by atoms with van der Waals surface area (Å²) in [6.07, 6.45) is -18.3. The van der Waals surface area contributed by atoms with Crippen LogP contribution in [0, 0.1) is 0 Å². The van der Waals surface area contributed by atoms with Gasteiger partial charge in [-0.3, -0.25) is 9.59 Å². The van der Waals surface area contributed by atoms with Crippen molar-refractivity contribution in [3.05, 3.63) is 0 Å². The molecular weight excluding hydrogens is 516 g/mol. The van der Waals surface area contributed by atoms with E-state index in [1.54, 1.807) is 0 Å². The lowest BCUT2D eigenvalue weighted by Gasteiger charge is -2.47. The summed E-state index contributed by atoms with van der Waals surface area (Å²) in [5, 5.41) is 67.4. The molecule has 4 heterocycles. The van der Waals surface area contributed by atoms with E-state index in [-0.39, 0.29) is 19.4 Å². The second kappa shape index (κ2) is 12.3. The molecule has 4 bridgehead atoms. The number of aliphatic hydroxyl groups is 6. The number of fused-ring (bicyclic) bond motifs is 5. The van der Waals surface area contributed by atoms with Crippen LogP contribution in [0.3, 0.4) is 0 Å². The third-order valence-electron chi connectivity index (χ3n) is 7.16. The first-order valence-electron chi connectivity index (χ1n) is 12.4. The van der Waals surface area contributed by atoms with Gasteiger partial charge in [0, 0.05) is 26.5 Å². The molecule has 38 heavy (non-hydrogen) atoms. The zero-order valence-corrected chi connectivity index (χ0v) is 20.9. The van der Waals surface area contributed by atoms with Crippen LogP contribution in [0.5, 0.6) is 0 Å². The normalized spacial score (nSPS) is 48.9. The third-order valence-corrected chi connectivity index (χ3v) is 7.16. The second-order valence-corrected chi connectivity index (χ2v) is 9.76. The van der Waals surface area contributed by atoms with Gasteiger partial charge in [0.2, 0.25) is 5.91 Å². The van der Waals surface area contributed by atoms with Crippen LogP contribution in [0.1, 0.15) is 19.8 Å². The molecule has 4 rings (SSSR count). The van der Waals surface area contributed by atoms with Crippen LogP contribution in [-0.2, 0) is 38.0 Å². The second-order valence-electron chi connectivity index (χ2n) is 9.76. The van der Waals surface area contributed by atoms with Gasteiger partial charge in [-0.05, 0) is 6.92 Å². The minimum Gasteiger partial charge on any atom is -0.394 e. The molecular formula is C22H36N2O14. The molecule has 4 aliphatic rings. The highest BCUT2D eigenvalue weighted by Crippen LogP contribution is 2.32. The Hall–Kier alpha value is -1.54. The Labute approximate surface area is 217 Å². The van der Waals surface area contributed by atoms with Crippen LogP contribution < -0.4 is 10.6 Å². The lowest BCUT2D eigenvalue weighted by molar-refractivity contribution is -0.344. The molecule has 0 aliphatic carbocycles. The molecule has 0 saturated carbocycles. The molecule has 16 nitrogen and oxygen atoms in total. The molecule has 0 spiro atoms. The van der Waals surface area contributed by atoms with Crippen molar-refractivity contribution in [3.8, 4) is 0 Å². The summed E-state index contributed by atoms with van der Waals surface area (Å²) < 4.78 is 33.9. The zero-order chi connectivity index (χ0) is 27.7. The number of ether oxygens (including phenoxy) is 6. The van der Waals surface area contributed by atoms with E-state index >= 15 is 0 Å². The van der Waals surface area contributed by atoms with E-state index in [4.69, 9.17) is 28.4 Å². The first-order valence-corrected chi connectivity index (χ1v) is 12.4. The van der Waals surface area contributed by atoms with Gasteiger partial charge in [-0.25, -0.2) is 0 Å². The quantitative estimate of drug-likeness (QED) is 0.160. The predicted molar refractivity (Wildman–Crippen MR) is 120 cm³/mol. The molecule has 4 saturated heterocycles. The molecule has 0 unspecified atom stereocenters. The molecule has 4 fully saturated rings. The van der Waals surface area contributed by atoms with Gasteiger partial charge >= 0.3 is 0 Å². The molecule has 8 N–H and O–H groups in total. The molecule has 0 aromatic carbocycles. The lowest BCUT2D eigenvalue weighted by atomic mass is 9.95. The Kier molecular flexibility index (Phi) is 9.55. The summed E-state index contributed by atoms with van der Waals surface area (Å²) in [5.41, 5.74) is 0. The highest BCUT2D eigenvalue weighted by molar-refractivity contribution is 5.83. The van der Waals surface area contributed by atoms with E-state index in [9.17, 15) is 40.2 Å². The Morgan fingerprint density at radius 2 is 1.66 bits per heavy atom. The van der Waals surface area contributed by atoms with Gasteiger partial charge in [0.15, 0.2) is 25.0 Å². The summed E-state index contributed by atoms with van der Waals surface area (Å²) in [6, 6.07) is -1.07. The van der Waals surface area contributed by atoms with E-state index in [1.807, 2.05) is 0 Å². The number of amides is 2. The molecule has 0 radical (unpaired) electrons. The van der Waals surface area contributed by atoms with Crippen molar-refractivity contribution in [2.24, 2.45) is 0 Å². The third kappa shape index (κ3) is 5.96. The van der Waals surface area contributed by atoms with E-state index in [1.165, 1.54) is 14.0 Å². The van der Waals surface area contributed by atoms with Crippen LogP contribution >= 0.6 is 0 Å². The van der Waals surface area contributed by atoms with Crippen molar-refractivity contribution in [2.75, 3.05) is 20.3 Å². The first kappa shape index (κ1) is 29.4. The van der Waals surface area contributed by atoms with Gasteiger partial charge in [0.05, 0.1) is 18.8 Å². The van der Waals surface area contributed by atoms with Crippen molar-refractivity contribution in [1.29, 1.82) is 0 Å². The number of carbonyl (C=O) groups excluding carboxylic acids is 2. The van der Waals surface area contributed by atoms with Crippen molar-refractivity contribution in [3.63, 3.8) is 0 Å². The summed E-state index contributed by atoms with van der Waals surface area (Å²) >= 11 is 0. The average molecular weight is 553 g/mol. The van der Waals surface area contributed by atoms with E-state index in [2.05, 4.69) is 10.6 Å². The highest BCUT2D eigenvalue weighted by Gasteiger charge is 2.52. The summed E-state index contributed by atoms with van der Waals surface area (Å²) in [6.45, 7) is 0.743. The SMILES string of the molecule is CO[C@@H]1O[C@H](CO)[C@@H](O)[C@@H]2O[C@H]3C[C@H](O[C@@H]4O[C@@H](C(=O)NCCC(=O)N[C@H]12)[C@H](O)[C@@H](O)[C@H]4O)[C@@H](O)[C@H](C)O3. The molecule has 16 heteroatoms. The number of methoxy groups -OCH3 is 1. The zero-order valence-electron chi connectivity index (χ0n) is 20.9. The van der Waals surface area contributed by atoms with Gasteiger partial charge in [-0.15, -0.1) is 0 Å². The number of hydrogen-bond acceptors (Lipinski definition) is 14. The largest absolute Gasteiger partial charge is 0.394 e. The molecule has 0 aromatic rings. The monoisotopic (exact) mass is 552 g/mol. The fourth-order valence-electron chi connectivity index (χ4n) is 5.00. The van der Waals surface area contributed by atoms with Crippen LogP contribution in [-0.4, -0.2) is 149 Å². The van der Waals surface area contributed by atoms with Gasteiger partial charge < -0.3 is 69.7 Å². The Morgan fingerprint density at radius 3 is 2.34 bits per heavy atom. The van der Waals surface area contributed by atoms with Crippen molar-refractivity contribution in [1.82, 2.24) is 10.6 Å². The number of rotatable bonds is 2. The van der Waals surface area contributed by atoms with Crippen LogP contribution in [0.15, 0.2) is 0 Å². The number of aliphatic hydroxyl groups excluding tert-OH is 6. The Morgan fingerprint density at radius 1 is 0.921 bits per heavy atom. The maximum absolute atomic E-state index is 12.7. The van der Waals surface area contributed by atoms with Crippen LogP contribution in [0.2, 0.25) is 0 Å². The standard InChI is InChI=1S/C22H36N2O14/c1-7-13(27)8-5-11(34-7)37-18-12(21(33-2)36-9(6-25)14(18)28)24-10(26)3-4-23-20(32)19-16(30)15(29)17(31)22(35-8)38-19/h7-9,11-19,21-22,25,27-31H,3-6H2,1-2H3,(H,23,32)(H,24,26)/t7-,8-,9+,11-,12-,13-,14+,15+,16+,17+,18+,19+,21+,22+/m0/s1. The lowest BCUT2D eigenvalue weighted by Crippen LogP contribution is -2.67. The minimum atomic E-state index is -1.81. The molecule has 218 valence electrons. The number of carbonyl (C=O) groups is 2. The summed E-state index contributed by atoms with van der Waals surface area (Å²) in [5.74, 6) is -1.45. The molecule has 0 aromatic heterocycles. The summed E-state index contributed by atoms with van der Waals surface area (Å²) in [4.78, 5) is 25.4. The van der Waals surface area contributed by atoms with Crippen molar-refractivity contribution in [2.45, 2.75) is 106 Å². The molecule has 4 aliphatic heterocycles. The topological polar surface area (TPSA) is 235 Å². The van der Waals surface area contributed by atoms with Crippen molar-refractivity contribution >= 4 is 11.8 Å². The van der Waals surface area contributed by atoms with E-state index in [0.29, 0.717) is 0 Å². The molecule has 14 atom stereocenters. The highest BCUT2D eigenvalue weighted by atomic mass is 16.7. The summed E-state index contributed by atoms with van der Waals surface area (Å²) in [7, 11) is 1.31. The van der Waals surface area contributed by atoms with Gasteiger partial charge in [0.1, 0.15) is 48.8 Å². The minimum absolute atomic E-state index is 0.167. The number of nitrogens with one attached hydrogen (secondary N) is 2. The average Bonchev–Trinajstić information content (AvgIpc) is 2.88. The van der Waals surface area contributed by atoms with E-state index in [0.717, 1.165) is 0 Å². The van der Waals surface area contributed by atoms with Crippen LogP contribution in [0.25, 0.3) is 0 Å². The molecule has 2 amide bonds. The maximum atomic E-state index is 12.7. The van der Waals surface area contributed by atoms with Gasteiger partial charge in [-0.2, -0.15) is 0 Å². The number of hydrogen-bond donors (Lipinski definition) is 8. The fraction of sp³-hybridized carbons (Fsp3) is 0.909. The van der Waals surface area contributed by atoms with Crippen LogP contribution in [0.4, 0.5) is 0 Å².